The zero-order valence-electron chi connectivity index (χ0n) is 17.5. The van der Waals surface area contributed by atoms with Gasteiger partial charge in [0.2, 0.25) is 0 Å². The van der Waals surface area contributed by atoms with E-state index in [0.29, 0.717) is 19.0 Å². The maximum atomic E-state index is 12.6. The van der Waals surface area contributed by atoms with Crippen molar-refractivity contribution in [2.24, 2.45) is 0 Å². The zero-order valence-corrected chi connectivity index (χ0v) is 17.5. The van der Waals surface area contributed by atoms with Gasteiger partial charge in [0.05, 0.1) is 5.60 Å². The van der Waals surface area contributed by atoms with Crippen molar-refractivity contribution in [3.63, 3.8) is 0 Å². The average molecular weight is 411 g/mol. The van der Waals surface area contributed by atoms with Crippen LogP contribution in [0.1, 0.15) is 38.2 Å². The van der Waals surface area contributed by atoms with E-state index >= 15 is 0 Å². The van der Waals surface area contributed by atoms with Gasteiger partial charge in [0, 0.05) is 13.1 Å². The van der Waals surface area contributed by atoms with Gasteiger partial charge in [-0.2, -0.15) is 0 Å². The van der Waals surface area contributed by atoms with Gasteiger partial charge in [-0.3, -0.25) is 4.79 Å². The second-order valence-electron chi connectivity index (χ2n) is 8.41. The Morgan fingerprint density at radius 2 is 1.60 bits per heavy atom. The summed E-state index contributed by atoms with van der Waals surface area (Å²) in [7, 11) is 0. The number of nitrogens with zero attached hydrogens (tertiary/aromatic N) is 1. The molecule has 0 radical (unpaired) electrons. The van der Waals surface area contributed by atoms with E-state index in [1.54, 1.807) is 4.90 Å². The molecule has 0 saturated carbocycles. The number of aliphatic hydroxyl groups excluding tert-OH is 1. The molecule has 3 rings (SSSR count). The normalized spacial score (nSPS) is 16.2. The summed E-state index contributed by atoms with van der Waals surface area (Å²) in [6.45, 7) is 3.30. The topological polar surface area (TPSA) is 89.9 Å². The molecule has 1 heterocycles. The Balaban J connectivity index is 1.58. The molecule has 3 N–H and O–H groups in total. The van der Waals surface area contributed by atoms with Crippen molar-refractivity contribution in [1.29, 1.82) is 0 Å². The molecule has 160 valence electrons. The van der Waals surface area contributed by atoms with Crippen LogP contribution in [-0.4, -0.2) is 58.3 Å². The lowest BCUT2D eigenvalue weighted by molar-refractivity contribution is -0.129. The van der Waals surface area contributed by atoms with Crippen LogP contribution in [0.2, 0.25) is 0 Å². The third-order valence-electron chi connectivity index (χ3n) is 5.72. The van der Waals surface area contributed by atoms with Gasteiger partial charge in [0.1, 0.15) is 12.6 Å². The fourth-order valence-corrected chi connectivity index (χ4v) is 3.95. The number of benzene rings is 2. The summed E-state index contributed by atoms with van der Waals surface area (Å²) >= 11 is 0. The number of urea groups is 1. The molecular formula is C24H30N2O4. The molecule has 2 amide bonds. The number of ketones is 1. The number of rotatable bonds is 6. The Hall–Kier alpha value is -2.70. The summed E-state index contributed by atoms with van der Waals surface area (Å²) in [6.07, 6.45) is 1.67. The van der Waals surface area contributed by atoms with Gasteiger partial charge in [-0.25, -0.2) is 4.79 Å². The first-order valence-corrected chi connectivity index (χ1v) is 10.4. The number of hydrogen-bond donors (Lipinski definition) is 3. The van der Waals surface area contributed by atoms with Gasteiger partial charge in [-0.1, -0.05) is 54.6 Å². The lowest BCUT2D eigenvalue weighted by atomic mass is 9.88. The minimum atomic E-state index is -1.45. The van der Waals surface area contributed by atoms with Crippen LogP contribution in [0.25, 0.3) is 11.1 Å². The monoisotopic (exact) mass is 410 g/mol. The quantitative estimate of drug-likeness (QED) is 0.683. The Kier molecular flexibility index (Phi) is 6.90. The zero-order chi connectivity index (χ0) is 21.7. The highest BCUT2D eigenvalue weighted by atomic mass is 16.3. The molecule has 1 atom stereocenters. The molecule has 1 saturated heterocycles. The van der Waals surface area contributed by atoms with Crippen LogP contribution >= 0.6 is 0 Å². The number of carbonyl (C=O) groups excluding carboxylic acids is 2. The van der Waals surface area contributed by atoms with Gasteiger partial charge in [0.15, 0.2) is 5.78 Å². The fraction of sp³-hybridized carbons (Fsp3) is 0.417. The highest BCUT2D eigenvalue weighted by molar-refractivity contribution is 5.90. The first kappa shape index (κ1) is 22.0. The summed E-state index contributed by atoms with van der Waals surface area (Å²) in [5.74, 6) is -0.229. The molecule has 2 aromatic carbocycles. The molecule has 1 aliphatic heterocycles. The molecule has 30 heavy (non-hydrogen) atoms. The van der Waals surface area contributed by atoms with Crippen molar-refractivity contribution in [2.45, 2.75) is 44.2 Å². The van der Waals surface area contributed by atoms with Crippen molar-refractivity contribution >= 4 is 11.8 Å². The maximum absolute atomic E-state index is 12.6. The standard InChI is InChI=1S/C24H30N2O4/c1-24(2,30)22(21(28)16-27)25-23(29)26-14-12-20(13-15-26)19-10-8-18(9-11-19)17-6-4-3-5-7-17/h3-11,20,22,27,30H,12-16H2,1-2H3,(H,25,29)/t22-/m1/s1. The second-order valence-corrected chi connectivity index (χ2v) is 8.41. The van der Waals surface area contributed by atoms with Crippen LogP contribution in [0.15, 0.2) is 54.6 Å². The summed E-state index contributed by atoms with van der Waals surface area (Å²) in [6, 6.07) is 17.3. The van der Waals surface area contributed by atoms with Crippen molar-refractivity contribution in [3.05, 3.63) is 60.2 Å². The van der Waals surface area contributed by atoms with Crippen LogP contribution in [0.4, 0.5) is 4.79 Å². The molecule has 0 aliphatic carbocycles. The number of Topliss-reactive ketones (excluding diaryl/α,β-unsaturated/α-hetero) is 1. The van der Waals surface area contributed by atoms with E-state index < -0.39 is 24.0 Å². The van der Waals surface area contributed by atoms with Crippen LogP contribution < -0.4 is 5.32 Å². The highest BCUT2D eigenvalue weighted by Gasteiger charge is 2.35. The number of carbonyl (C=O) groups is 2. The Morgan fingerprint density at radius 1 is 1.03 bits per heavy atom. The second kappa shape index (κ2) is 9.41. The van der Waals surface area contributed by atoms with Gasteiger partial charge in [0.25, 0.3) is 0 Å². The van der Waals surface area contributed by atoms with Crippen molar-refractivity contribution in [2.75, 3.05) is 19.7 Å². The lowest BCUT2D eigenvalue weighted by Crippen LogP contribution is -2.58. The SMILES string of the molecule is CC(C)(O)[C@H](NC(=O)N1CCC(c2ccc(-c3ccccc3)cc2)CC1)C(=O)CO. The predicted molar refractivity (Wildman–Crippen MR) is 116 cm³/mol. The molecule has 0 unspecified atom stereocenters. The van der Waals surface area contributed by atoms with E-state index in [9.17, 15) is 14.7 Å². The molecule has 1 fully saturated rings. The van der Waals surface area contributed by atoms with E-state index in [2.05, 4.69) is 41.7 Å². The van der Waals surface area contributed by atoms with Gasteiger partial charge >= 0.3 is 6.03 Å². The van der Waals surface area contributed by atoms with Gasteiger partial charge in [-0.05, 0) is 49.3 Å². The third kappa shape index (κ3) is 5.26. The third-order valence-corrected chi connectivity index (χ3v) is 5.72. The van der Waals surface area contributed by atoms with E-state index in [1.807, 2.05) is 18.2 Å². The van der Waals surface area contributed by atoms with Crippen LogP contribution in [0.5, 0.6) is 0 Å². The van der Waals surface area contributed by atoms with E-state index in [4.69, 9.17) is 5.11 Å². The lowest BCUT2D eigenvalue weighted by Gasteiger charge is -2.35. The van der Waals surface area contributed by atoms with E-state index in [-0.39, 0.29) is 6.03 Å². The average Bonchev–Trinajstić information content (AvgIpc) is 2.77. The van der Waals surface area contributed by atoms with Crippen LogP contribution in [0.3, 0.4) is 0 Å². The van der Waals surface area contributed by atoms with Crippen molar-refractivity contribution in [1.82, 2.24) is 10.2 Å². The number of amides is 2. The first-order valence-electron chi connectivity index (χ1n) is 10.4. The predicted octanol–water partition coefficient (Wildman–Crippen LogP) is 2.94. The number of piperidine rings is 1. The Bertz CT molecular complexity index is 851. The number of nitrogens with one attached hydrogen (secondary N) is 1. The largest absolute Gasteiger partial charge is 0.388 e. The smallest absolute Gasteiger partial charge is 0.318 e. The number of hydrogen-bond acceptors (Lipinski definition) is 4. The van der Waals surface area contributed by atoms with Crippen molar-refractivity contribution in [3.8, 4) is 11.1 Å². The number of likely N-dealkylation sites (tertiary alicyclic amines) is 1. The highest BCUT2D eigenvalue weighted by Crippen LogP contribution is 2.30. The molecule has 0 bridgehead atoms. The molecule has 2 aromatic rings. The van der Waals surface area contributed by atoms with Crippen molar-refractivity contribution < 1.29 is 19.8 Å². The maximum Gasteiger partial charge on any atom is 0.318 e. The summed E-state index contributed by atoms with van der Waals surface area (Å²) in [5.41, 5.74) is 2.19. The fourth-order valence-electron chi connectivity index (χ4n) is 3.95. The van der Waals surface area contributed by atoms with E-state index in [1.165, 1.54) is 30.5 Å². The molecule has 0 aromatic heterocycles. The summed E-state index contributed by atoms with van der Waals surface area (Å²) in [5, 5.41) is 21.9. The van der Waals surface area contributed by atoms with E-state index in [0.717, 1.165) is 12.8 Å². The van der Waals surface area contributed by atoms with Crippen LogP contribution in [-0.2, 0) is 4.79 Å². The minimum absolute atomic E-state index is 0.378. The Labute approximate surface area is 177 Å². The minimum Gasteiger partial charge on any atom is -0.388 e. The molecule has 1 aliphatic rings. The van der Waals surface area contributed by atoms with Gasteiger partial charge in [-0.15, -0.1) is 0 Å². The van der Waals surface area contributed by atoms with Crippen LogP contribution in [0, 0.1) is 0 Å². The molecule has 6 nitrogen and oxygen atoms in total. The summed E-state index contributed by atoms with van der Waals surface area (Å²) < 4.78 is 0. The molecule has 6 heteroatoms. The summed E-state index contributed by atoms with van der Waals surface area (Å²) in [4.78, 5) is 26.2. The number of aliphatic hydroxyl groups is 2. The Morgan fingerprint density at radius 3 is 2.13 bits per heavy atom. The molecular weight excluding hydrogens is 380 g/mol. The van der Waals surface area contributed by atoms with Gasteiger partial charge < -0.3 is 20.4 Å². The first-order chi connectivity index (χ1) is 14.3. The molecule has 0 spiro atoms.